The second-order valence-corrected chi connectivity index (χ2v) is 7.10. The molecule has 4 rings (SSSR count). The molecule has 2 saturated heterocycles. The van der Waals surface area contributed by atoms with E-state index < -0.39 is 0 Å². The second kappa shape index (κ2) is 7.05. The summed E-state index contributed by atoms with van der Waals surface area (Å²) >= 11 is 0. The zero-order valence-electron chi connectivity index (χ0n) is 14.8. The van der Waals surface area contributed by atoms with E-state index in [2.05, 4.69) is 20.9 Å². The van der Waals surface area contributed by atoms with Gasteiger partial charge in [-0.15, -0.1) is 0 Å². The van der Waals surface area contributed by atoms with Crippen molar-refractivity contribution in [3.63, 3.8) is 0 Å². The molecular weight excluding hydrogens is 328 g/mol. The molecule has 0 bridgehead atoms. The van der Waals surface area contributed by atoms with Gasteiger partial charge < -0.3 is 15.5 Å². The lowest BCUT2D eigenvalue weighted by Crippen LogP contribution is -2.55. The van der Waals surface area contributed by atoms with Crippen LogP contribution in [0.4, 0.5) is 0 Å². The van der Waals surface area contributed by atoms with Crippen LogP contribution in [-0.4, -0.2) is 55.1 Å². The standard InChI is InChI=1S/C20H24N4O2/c25-18(17-6-5-15-3-1-2-4-16(15)13-17)21-9-12-24-10-7-20(8-11-24)19(26)22-14-23-20/h1-6,13,23H,7-12,14H2,(H,21,25)(H,22,26). The fourth-order valence-corrected chi connectivity index (χ4v) is 3.87. The molecule has 0 atom stereocenters. The first-order chi connectivity index (χ1) is 12.7. The van der Waals surface area contributed by atoms with E-state index in [1.165, 1.54) is 0 Å². The van der Waals surface area contributed by atoms with Crippen molar-refractivity contribution in [2.75, 3.05) is 32.8 Å². The first kappa shape index (κ1) is 17.0. The summed E-state index contributed by atoms with van der Waals surface area (Å²) in [5.74, 6) is 0.0860. The molecule has 2 fully saturated rings. The number of likely N-dealkylation sites (tertiary alicyclic amines) is 1. The van der Waals surface area contributed by atoms with Crippen molar-refractivity contribution in [3.05, 3.63) is 48.0 Å². The smallest absolute Gasteiger partial charge is 0.251 e. The Hall–Kier alpha value is -2.44. The monoisotopic (exact) mass is 352 g/mol. The highest BCUT2D eigenvalue weighted by atomic mass is 16.2. The van der Waals surface area contributed by atoms with Crippen molar-refractivity contribution in [1.82, 2.24) is 20.9 Å². The first-order valence-corrected chi connectivity index (χ1v) is 9.19. The number of piperidine rings is 1. The van der Waals surface area contributed by atoms with Crippen LogP contribution in [0.5, 0.6) is 0 Å². The van der Waals surface area contributed by atoms with Crippen LogP contribution in [0.2, 0.25) is 0 Å². The summed E-state index contributed by atoms with van der Waals surface area (Å²) in [6, 6.07) is 13.8. The van der Waals surface area contributed by atoms with Gasteiger partial charge in [-0.05, 0) is 35.7 Å². The Morgan fingerprint density at radius 1 is 1.12 bits per heavy atom. The van der Waals surface area contributed by atoms with Gasteiger partial charge in [0.05, 0.1) is 6.67 Å². The van der Waals surface area contributed by atoms with Crippen LogP contribution in [0.3, 0.4) is 0 Å². The number of nitrogens with zero attached hydrogens (tertiary/aromatic N) is 1. The van der Waals surface area contributed by atoms with E-state index in [0.717, 1.165) is 43.2 Å². The van der Waals surface area contributed by atoms with Gasteiger partial charge in [0.25, 0.3) is 5.91 Å². The van der Waals surface area contributed by atoms with Gasteiger partial charge in [0, 0.05) is 31.7 Å². The van der Waals surface area contributed by atoms with Crippen LogP contribution in [0, 0.1) is 0 Å². The van der Waals surface area contributed by atoms with Crippen molar-refractivity contribution in [2.24, 2.45) is 0 Å². The third-order valence-corrected chi connectivity index (χ3v) is 5.55. The van der Waals surface area contributed by atoms with Crippen LogP contribution in [0.1, 0.15) is 23.2 Å². The first-order valence-electron chi connectivity index (χ1n) is 9.19. The number of nitrogens with one attached hydrogen (secondary N) is 3. The molecule has 6 heteroatoms. The third kappa shape index (κ3) is 3.30. The Morgan fingerprint density at radius 2 is 1.88 bits per heavy atom. The zero-order valence-corrected chi connectivity index (χ0v) is 14.8. The molecule has 0 radical (unpaired) electrons. The summed E-state index contributed by atoms with van der Waals surface area (Å²) in [7, 11) is 0. The maximum atomic E-state index is 12.4. The van der Waals surface area contributed by atoms with Gasteiger partial charge in [-0.1, -0.05) is 30.3 Å². The Kier molecular flexibility index (Phi) is 4.61. The summed E-state index contributed by atoms with van der Waals surface area (Å²) in [6.07, 6.45) is 1.63. The van der Waals surface area contributed by atoms with E-state index in [4.69, 9.17) is 0 Å². The minimum Gasteiger partial charge on any atom is -0.351 e. The van der Waals surface area contributed by atoms with Gasteiger partial charge in [0.2, 0.25) is 5.91 Å². The van der Waals surface area contributed by atoms with Crippen molar-refractivity contribution in [2.45, 2.75) is 18.4 Å². The number of hydrogen-bond acceptors (Lipinski definition) is 4. The molecule has 2 heterocycles. The minimum absolute atomic E-state index is 0.0407. The molecule has 2 aromatic carbocycles. The zero-order chi connectivity index (χ0) is 18.0. The maximum absolute atomic E-state index is 12.4. The van der Waals surface area contributed by atoms with Crippen LogP contribution in [0.15, 0.2) is 42.5 Å². The number of amides is 2. The minimum atomic E-state index is -0.370. The molecule has 0 saturated carbocycles. The summed E-state index contributed by atoms with van der Waals surface area (Å²) in [5.41, 5.74) is 0.318. The number of benzene rings is 2. The molecule has 0 aromatic heterocycles. The topological polar surface area (TPSA) is 73.5 Å². The lowest BCUT2D eigenvalue weighted by atomic mass is 9.88. The molecule has 3 N–H and O–H groups in total. The molecule has 26 heavy (non-hydrogen) atoms. The number of hydrogen-bond donors (Lipinski definition) is 3. The van der Waals surface area contributed by atoms with Crippen molar-refractivity contribution in [3.8, 4) is 0 Å². The summed E-state index contributed by atoms with van der Waals surface area (Å²) in [4.78, 5) is 26.7. The van der Waals surface area contributed by atoms with Crippen molar-refractivity contribution in [1.29, 1.82) is 0 Å². The number of fused-ring (bicyclic) bond motifs is 1. The maximum Gasteiger partial charge on any atom is 0.251 e. The average Bonchev–Trinajstić information content (AvgIpc) is 3.03. The van der Waals surface area contributed by atoms with Crippen molar-refractivity contribution >= 4 is 22.6 Å². The Balaban J connectivity index is 1.27. The van der Waals surface area contributed by atoms with Crippen LogP contribution < -0.4 is 16.0 Å². The van der Waals surface area contributed by atoms with Gasteiger partial charge >= 0.3 is 0 Å². The molecule has 0 unspecified atom stereocenters. The van der Waals surface area contributed by atoms with Crippen LogP contribution in [0.25, 0.3) is 10.8 Å². The molecule has 2 aromatic rings. The molecule has 6 nitrogen and oxygen atoms in total. The van der Waals surface area contributed by atoms with Gasteiger partial charge in [-0.25, -0.2) is 0 Å². The van der Waals surface area contributed by atoms with Gasteiger partial charge in [-0.2, -0.15) is 0 Å². The van der Waals surface area contributed by atoms with Crippen LogP contribution >= 0.6 is 0 Å². The fraction of sp³-hybridized carbons (Fsp3) is 0.400. The molecule has 0 aliphatic carbocycles. The number of rotatable bonds is 4. The molecule has 136 valence electrons. The van der Waals surface area contributed by atoms with E-state index >= 15 is 0 Å². The highest BCUT2D eigenvalue weighted by molar-refractivity contribution is 5.98. The quantitative estimate of drug-likeness (QED) is 0.770. The van der Waals surface area contributed by atoms with Gasteiger partial charge in [0.1, 0.15) is 5.54 Å². The van der Waals surface area contributed by atoms with E-state index in [9.17, 15) is 9.59 Å². The van der Waals surface area contributed by atoms with Crippen molar-refractivity contribution < 1.29 is 9.59 Å². The van der Waals surface area contributed by atoms with E-state index in [-0.39, 0.29) is 17.4 Å². The molecular formula is C20H24N4O2. The largest absolute Gasteiger partial charge is 0.351 e. The Morgan fingerprint density at radius 3 is 2.62 bits per heavy atom. The highest BCUT2D eigenvalue weighted by Crippen LogP contribution is 2.24. The predicted molar refractivity (Wildman–Crippen MR) is 101 cm³/mol. The Labute approximate surface area is 152 Å². The molecule has 2 aliphatic rings. The number of carbonyl (C=O) groups is 2. The van der Waals surface area contributed by atoms with Crippen LogP contribution in [-0.2, 0) is 4.79 Å². The molecule has 1 spiro atoms. The van der Waals surface area contributed by atoms with E-state index in [0.29, 0.717) is 18.8 Å². The number of carbonyl (C=O) groups excluding carboxylic acids is 2. The normalized spacial score (nSPS) is 19.6. The lowest BCUT2D eigenvalue weighted by molar-refractivity contribution is -0.125. The van der Waals surface area contributed by atoms with Gasteiger partial charge in [0.15, 0.2) is 0 Å². The average molecular weight is 352 g/mol. The fourth-order valence-electron chi connectivity index (χ4n) is 3.87. The SMILES string of the molecule is O=C(NCCN1CCC2(CC1)NCNC2=O)c1ccc2ccccc2c1. The summed E-state index contributed by atoms with van der Waals surface area (Å²) in [6.45, 7) is 3.72. The predicted octanol–water partition coefficient (Wildman–Crippen LogP) is 1.08. The Bertz CT molecular complexity index is 827. The highest BCUT2D eigenvalue weighted by Gasteiger charge is 2.43. The molecule has 2 amide bonds. The molecule has 2 aliphatic heterocycles. The third-order valence-electron chi connectivity index (χ3n) is 5.55. The van der Waals surface area contributed by atoms with E-state index in [1.54, 1.807) is 0 Å². The second-order valence-electron chi connectivity index (χ2n) is 7.10. The summed E-state index contributed by atoms with van der Waals surface area (Å²) in [5, 5.41) is 11.4. The summed E-state index contributed by atoms with van der Waals surface area (Å²) < 4.78 is 0. The van der Waals surface area contributed by atoms with E-state index in [1.807, 2.05) is 42.5 Å². The lowest BCUT2D eigenvalue weighted by Gasteiger charge is -2.37. The van der Waals surface area contributed by atoms with Gasteiger partial charge in [-0.3, -0.25) is 14.9 Å².